The average molecular weight is 349 g/mol. The fourth-order valence-corrected chi connectivity index (χ4v) is 3.20. The molecule has 0 unspecified atom stereocenters. The monoisotopic (exact) mass is 348 g/mol. The second-order valence-electron chi connectivity index (χ2n) is 8.87. The Labute approximate surface area is 161 Å². The zero-order chi connectivity index (χ0) is 19.6. The third-order valence-corrected chi connectivity index (χ3v) is 5.32. The Kier molecular flexibility index (Phi) is 6.50. The molecule has 0 fully saturated rings. The van der Waals surface area contributed by atoms with Crippen molar-refractivity contribution in [1.29, 1.82) is 0 Å². The van der Waals surface area contributed by atoms with Crippen LogP contribution in [0.25, 0.3) is 5.57 Å². The number of hydrogen-bond donors (Lipinski definition) is 0. The van der Waals surface area contributed by atoms with E-state index in [0.717, 1.165) is 5.57 Å². The summed E-state index contributed by atoms with van der Waals surface area (Å²) in [4.78, 5) is 0. The minimum atomic E-state index is 0.522. The molecular weight excluding hydrogens is 312 g/mol. The lowest BCUT2D eigenvalue weighted by Crippen LogP contribution is -2.00. The Hall–Kier alpha value is -1.82. The van der Waals surface area contributed by atoms with Gasteiger partial charge in [0.15, 0.2) is 0 Å². The van der Waals surface area contributed by atoms with Crippen LogP contribution in [0.1, 0.15) is 112 Å². The molecule has 0 bridgehead atoms. The molecule has 0 aliphatic carbocycles. The maximum atomic E-state index is 4.50. The summed E-state index contributed by atoms with van der Waals surface area (Å²) in [6.07, 6.45) is 0. The molecule has 0 atom stereocenters. The van der Waals surface area contributed by atoms with Crippen LogP contribution in [-0.2, 0) is 0 Å². The van der Waals surface area contributed by atoms with Crippen molar-refractivity contribution in [2.24, 2.45) is 0 Å². The van der Waals surface area contributed by atoms with Crippen molar-refractivity contribution in [3.8, 4) is 0 Å². The second kappa shape index (κ2) is 8.25. The van der Waals surface area contributed by atoms with Gasteiger partial charge in [-0.3, -0.25) is 0 Å². The summed E-state index contributed by atoms with van der Waals surface area (Å²) in [7, 11) is 0. The van der Waals surface area contributed by atoms with E-state index >= 15 is 0 Å². The molecule has 2 aromatic rings. The second-order valence-corrected chi connectivity index (χ2v) is 8.87. The SMILES string of the molecule is C=C(c1cc(C(C)C)cc(C(C)C)c1)c1cc(C(C)C)cc(C(C)C)c1. The highest BCUT2D eigenvalue weighted by Crippen LogP contribution is 2.32. The van der Waals surface area contributed by atoms with Gasteiger partial charge in [0, 0.05) is 0 Å². The van der Waals surface area contributed by atoms with Gasteiger partial charge in [0.2, 0.25) is 0 Å². The lowest BCUT2D eigenvalue weighted by molar-refractivity contribution is 0.831. The van der Waals surface area contributed by atoms with Crippen molar-refractivity contribution in [3.63, 3.8) is 0 Å². The molecule has 2 rings (SSSR count). The highest BCUT2D eigenvalue weighted by Gasteiger charge is 2.13. The van der Waals surface area contributed by atoms with E-state index in [0.29, 0.717) is 23.7 Å². The van der Waals surface area contributed by atoms with Crippen molar-refractivity contribution in [2.75, 3.05) is 0 Å². The molecular formula is C26H36. The largest absolute Gasteiger partial charge is 0.0906 e. The predicted octanol–water partition coefficient (Wildman–Crippen LogP) is 8.24. The average Bonchev–Trinajstić information content (AvgIpc) is 2.59. The highest BCUT2D eigenvalue weighted by molar-refractivity contribution is 5.79. The van der Waals surface area contributed by atoms with Crippen molar-refractivity contribution in [2.45, 2.75) is 79.1 Å². The van der Waals surface area contributed by atoms with Crippen LogP contribution in [0.2, 0.25) is 0 Å². The molecule has 0 aliphatic rings. The van der Waals surface area contributed by atoms with Crippen molar-refractivity contribution in [1.82, 2.24) is 0 Å². The Morgan fingerprint density at radius 1 is 0.500 bits per heavy atom. The summed E-state index contributed by atoms with van der Waals surface area (Å²) in [5.74, 6) is 2.09. The fraction of sp³-hybridized carbons (Fsp3) is 0.462. The predicted molar refractivity (Wildman–Crippen MR) is 117 cm³/mol. The molecule has 26 heavy (non-hydrogen) atoms. The Morgan fingerprint density at radius 2 is 0.731 bits per heavy atom. The lowest BCUT2D eigenvalue weighted by Gasteiger charge is -2.18. The van der Waals surface area contributed by atoms with Crippen LogP contribution in [0, 0.1) is 0 Å². The third kappa shape index (κ3) is 4.67. The summed E-state index contributed by atoms with van der Waals surface area (Å²) >= 11 is 0. The van der Waals surface area contributed by atoms with Gasteiger partial charge < -0.3 is 0 Å². The van der Waals surface area contributed by atoms with E-state index in [1.165, 1.54) is 33.4 Å². The quantitative estimate of drug-likeness (QED) is 0.493. The number of rotatable bonds is 6. The normalized spacial score (nSPS) is 11.8. The van der Waals surface area contributed by atoms with Gasteiger partial charge in [0.1, 0.15) is 0 Å². The Bertz CT molecular complexity index is 655. The summed E-state index contributed by atoms with van der Waals surface area (Å²) in [6, 6.07) is 14.0. The number of hydrogen-bond acceptors (Lipinski definition) is 0. The van der Waals surface area contributed by atoms with Crippen LogP contribution in [-0.4, -0.2) is 0 Å². The molecule has 0 nitrogen and oxygen atoms in total. The summed E-state index contributed by atoms with van der Waals surface area (Å²) in [5, 5.41) is 0. The van der Waals surface area contributed by atoms with E-state index in [-0.39, 0.29) is 0 Å². The molecule has 0 aromatic heterocycles. The van der Waals surface area contributed by atoms with Gasteiger partial charge >= 0.3 is 0 Å². The van der Waals surface area contributed by atoms with Gasteiger partial charge in [-0.25, -0.2) is 0 Å². The van der Waals surface area contributed by atoms with Crippen molar-refractivity contribution < 1.29 is 0 Å². The minimum absolute atomic E-state index is 0.522. The molecule has 0 saturated heterocycles. The molecule has 0 heteroatoms. The van der Waals surface area contributed by atoms with Crippen LogP contribution in [0.5, 0.6) is 0 Å². The van der Waals surface area contributed by atoms with Gasteiger partial charge in [-0.1, -0.05) is 98.4 Å². The van der Waals surface area contributed by atoms with Gasteiger partial charge in [-0.05, 0) is 62.6 Å². The molecule has 0 amide bonds. The zero-order valence-electron chi connectivity index (χ0n) is 18.0. The number of benzene rings is 2. The fourth-order valence-electron chi connectivity index (χ4n) is 3.20. The Morgan fingerprint density at radius 3 is 0.923 bits per heavy atom. The first-order valence-corrected chi connectivity index (χ1v) is 10.1. The van der Waals surface area contributed by atoms with Crippen LogP contribution >= 0.6 is 0 Å². The van der Waals surface area contributed by atoms with E-state index in [2.05, 4.69) is 98.4 Å². The third-order valence-electron chi connectivity index (χ3n) is 5.32. The summed E-state index contributed by atoms with van der Waals surface area (Å²) < 4.78 is 0. The van der Waals surface area contributed by atoms with Crippen molar-refractivity contribution in [3.05, 3.63) is 76.4 Å². The topological polar surface area (TPSA) is 0 Å². The first-order valence-electron chi connectivity index (χ1n) is 10.1. The van der Waals surface area contributed by atoms with E-state index in [9.17, 15) is 0 Å². The molecule has 0 saturated carbocycles. The van der Waals surface area contributed by atoms with Crippen molar-refractivity contribution >= 4 is 5.57 Å². The molecule has 0 heterocycles. The van der Waals surface area contributed by atoms with E-state index in [4.69, 9.17) is 0 Å². The van der Waals surface area contributed by atoms with Crippen LogP contribution in [0.4, 0.5) is 0 Å². The Balaban J connectivity index is 2.58. The zero-order valence-corrected chi connectivity index (χ0v) is 18.0. The molecule has 0 radical (unpaired) electrons. The lowest BCUT2D eigenvalue weighted by atomic mass is 9.86. The first-order chi connectivity index (χ1) is 12.1. The van der Waals surface area contributed by atoms with E-state index in [1.807, 2.05) is 0 Å². The van der Waals surface area contributed by atoms with Gasteiger partial charge in [-0.2, -0.15) is 0 Å². The van der Waals surface area contributed by atoms with Crippen LogP contribution in [0.15, 0.2) is 43.0 Å². The standard InChI is InChI=1S/C26H36/c1-16(2)21-10-22(17(3)4)13-25(12-21)20(9)26-14-23(18(5)6)11-24(15-26)19(7)8/h10-19H,9H2,1-8H3. The molecule has 2 aromatic carbocycles. The highest BCUT2D eigenvalue weighted by atomic mass is 14.2. The maximum Gasteiger partial charge on any atom is -0.0178 e. The summed E-state index contributed by atoms with van der Waals surface area (Å²) in [5.41, 5.74) is 9.26. The minimum Gasteiger partial charge on any atom is -0.0906 e. The first kappa shape index (κ1) is 20.5. The van der Waals surface area contributed by atoms with E-state index < -0.39 is 0 Å². The molecule has 0 spiro atoms. The van der Waals surface area contributed by atoms with Gasteiger partial charge in [0.05, 0.1) is 0 Å². The maximum absolute atomic E-state index is 4.50. The smallest absolute Gasteiger partial charge is 0.0178 e. The van der Waals surface area contributed by atoms with Gasteiger partial charge in [-0.15, -0.1) is 0 Å². The summed E-state index contributed by atoms with van der Waals surface area (Å²) in [6.45, 7) is 22.6. The molecule has 140 valence electrons. The van der Waals surface area contributed by atoms with Gasteiger partial charge in [0.25, 0.3) is 0 Å². The van der Waals surface area contributed by atoms with Crippen LogP contribution < -0.4 is 0 Å². The van der Waals surface area contributed by atoms with Crippen LogP contribution in [0.3, 0.4) is 0 Å². The molecule has 0 aliphatic heterocycles. The van der Waals surface area contributed by atoms with E-state index in [1.54, 1.807) is 0 Å². The molecule has 0 N–H and O–H groups in total.